The van der Waals surface area contributed by atoms with Crippen LogP contribution in [0.2, 0.25) is 0 Å². The van der Waals surface area contributed by atoms with E-state index in [1.54, 1.807) is 0 Å². The van der Waals surface area contributed by atoms with Crippen molar-refractivity contribution in [2.24, 2.45) is 0 Å². The predicted octanol–water partition coefficient (Wildman–Crippen LogP) is 0.0981. The molecule has 1 aromatic heterocycles. The molecule has 0 radical (unpaired) electrons. The van der Waals surface area contributed by atoms with Crippen LogP contribution in [-0.2, 0) is 21.2 Å². The summed E-state index contributed by atoms with van der Waals surface area (Å²) in [5, 5.41) is 8.43. The molecule has 7 heteroatoms. The highest BCUT2D eigenvalue weighted by Crippen LogP contribution is 2.07. The average Bonchev–Trinajstić information content (AvgIpc) is 2.50. The smallest absolute Gasteiger partial charge is 0.303 e. The predicted molar refractivity (Wildman–Crippen MR) is 53.0 cm³/mol. The molecule has 0 aromatic carbocycles. The third kappa shape index (κ3) is 3.35. The summed E-state index contributed by atoms with van der Waals surface area (Å²) in [5.41, 5.74) is 0.513. The van der Waals surface area contributed by atoms with Crippen molar-refractivity contribution in [1.82, 2.24) is 8.96 Å². The quantitative estimate of drug-likeness (QED) is 0.777. The van der Waals surface area contributed by atoms with Crippen molar-refractivity contribution >= 4 is 16.0 Å². The van der Waals surface area contributed by atoms with Crippen LogP contribution in [0.1, 0.15) is 18.5 Å². The number of imidazole rings is 1. The van der Waals surface area contributed by atoms with Gasteiger partial charge in [0, 0.05) is 12.6 Å². The van der Waals surface area contributed by atoms with Gasteiger partial charge in [0.2, 0.25) is 10.0 Å². The Morgan fingerprint density at radius 3 is 2.80 bits per heavy atom. The molecular formula is C8H12N2O4S. The van der Waals surface area contributed by atoms with Gasteiger partial charge in [0.05, 0.1) is 11.9 Å². The SMILES string of the molecule is CS(=O)(=O)n1cncc1CCCC(=O)O. The number of carboxylic acids is 1. The molecule has 1 heterocycles. The fourth-order valence-electron chi connectivity index (χ4n) is 1.21. The number of hydrogen-bond donors (Lipinski definition) is 1. The summed E-state index contributed by atoms with van der Waals surface area (Å²) in [6.45, 7) is 0. The van der Waals surface area contributed by atoms with E-state index in [1.165, 1.54) is 12.5 Å². The first kappa shape index (κ1) is 11.7. The van der Waals surface area contributed by atoms with Gasteiger partial charge in [0.25, 0.3) is 0 Å². The number of aromatic nitrogens is 2. The lowest BCUT2D eigenvalue weighted by Gasteiger charge is -2.03. The zero-order chi connectivity index (χ0) is 11.5. The van der Waals surface area contributed by atoms with Gasteiger partial charge in [-0.25, -0.2) is 17.4 Å². The Hall–Kier alpha value is -1.37. The van der Waals surface area contributed by atoms with Gasteiger partial charge < -0.3 is 5.11 Å². The van der Waals surface area contributed by atoms with Crippen LogP contribution in [0.15, 0.2) is 12.5 Å². The lowest BCUT2D eigenvalue weighted by atomic mass is 10.2. The van der Waals surface area contributed by atoms with E-state index in [1.807, 2.05) is 0 Å². The minimum absolute atomic E-state index is 0.0228. The molecule has 1 N–H and O–H groups in total. The molecule has 0 aliphatic carbocycles. The standard InChI is InChI=1S/C8H12N2O4S/c1-15(13,14)10-6-9-5-7(10)3-2-4-8(11)12/h5-6H,2-4H2,1H3,(H,11,12). The molecule has 0 aliphatic heterocycles. The molecule has 6 nitrogen and oxygen atoms in total. The molecule has 0 unspecified atom stereocenters. The van der Waals surface area contributed by atoms with Crippen LogP contribution in [0.3, 0.4) is 0 Å². The van der Waals surface area contributed by atoms with E-state index in [0.29, 0.717) is 18.5 Å². The first-order valence-corrected chi connectivity index (χ1v) is 6.19. The van der Waals surface area contributed by atoms with Gasteiger partial charge in [-0.3, -0.25) is 4.79 Å². The second-order valence-electron chi connectivity index (χ2n) is 3.19. The molecule has 0 saturated carbocycles. The van der Waals surface area contributed by atoms with Crippen molar-refractivity contribution in [2.75, 3.05) is 6.26 Å². The summed E-state index contributed by atoms with van der Waals surface area (Å²) in [6.07, 6.45) is 4.54. The number of carbonyl (C=O) groups is 1. The highest BCUT2D eigenvalue weighted by atomic mass is 32.2. The van der Waals surface area contributed by atoms with Crippen LogP contribution < -0.4 is 0 Å². The molecule has 0 spiro atoms. The minimum atomic E-state index is -3.33. The number of carboxylic acid groups (broad SMARTS) is 1. The summed E-state index contributed by atoms with van der Waals surface area (Å²) < 4.78 is 23.5. The Labute approximate surface area is 87.6 Å². The van der Waals surface area contributed by atoms with Crippen molar-refractivity contribution in [2.45, 2.75) is 19.3 Å². The number of rotatable bonds is 5. The zero-order valence-corrected chi connectivity index (χ0v) is 9.07. The number of aryl methyl sites for hydroxylation is 1. The summed E-state index contributed by atoms with van der Waals surface area (Å²) in [6, 6.07) is 0. The van der Waals surface area contributed by atoms with Crippen molar-refractivity contribution < 1.29 is 18.3 Å². The van der Waals surface area contributed by atoms with E-state index in [0.717, 1.165) is 10.2 Å². The highest BCUT2D eigenvalue weighted by molar-refractivity contribution is 7.89. The summed E-state index contributed by atoms with van der Waals surface area (Å²) in [5.74, 6) is -0.888. The Morgan fingerprint density at radius 1 is 1.60 bits per heavy atom. The lowest BCUT2D eigenvalue weighted by molar-refractivity contribution is -0.137. The summed E-state index contributed by atoms with van der Waals surface area (Å²) in [4.78, 5) is 14.0. The largest absolute Gasteiger partial charge is 0.481 e. The Morgan fingerprint density at radius 2 is 2.27 bits per heavy atom. The topological polar surface area (TPSA) is 89.3 Å². The van der Waals surface area contributed by atoms with E-state index < -0.39 is 16.0 Å². The first-order valence-electron chi connectivity index (χ1n) is 4.35. The first-order chi connectivity index (χ1) is 6.91. The van der Waals surface area contributed by atoms with Gasteiger partial charge in [-0.1, -0.05) is 0 Å². The zero-order valence-electron chi connectivity index (χ0n) is 8.25. The average molecular weight is 232 g/mol. The molecule has 15 heavy (non-hydrogen) atoms. The molecule has 84 valence electrons. The van der Waals surface area contributed by atoms with Crippen LogP contribution in [-0.4, -0.2) is 34.7 Å². The second kappa shape index (κ2) is 4.43. The Bertz CT molecular complexity index is 449. The van der Waals surface area contributed by atoms with Gasteiger partial charge >= 0.3 is 5.97 Å². The van der Waals surface area contributed by atoms with Gasteiger partial charge in [-0.15, -0.1) is 0 Å². The third-order valence-electron chi connectivity index (χ3n) is 1.86. The maximum Gasteiger partial charge on any atom is 0.303 e. The van der Waals surface area contributed by atoms with Crippen LogP contribution in [0.25, 0.3) is 0 Å². The van der Waals surface area contributed by atoms with Crippen molar-refractivity contribution in [3.05, 3.63) is 18.2 Å². The molecule has 0 aliphatic rings. The Balaban J connectivity index is 2.71. The second-order valence-corrected chi connectivity index (χ2v) is 5.05. The van der Waals surface area contributed by atoms with Gasteiger partial charge in [0.15, 0.2) is 0 Å². The fraction of sp³-hybridized carbons (Fsp3) is 0.500. The monoisotopic (exact) mass is 232 g/mol. The van der Waals surface area contributed by atoms with Gasteiger partial charge in [0.1, 0.15) is 6.33 Å². The molecule has 1 rings (SSSR count). The maximum atomic E-state index is 11.2. The van der Waals surface area contributed by atoms with E-state index in [4.69, 9.17) is 5.11 Å². The summed E-state index contributed by atoms with van der Waals surface area (Å²) >= 11 is 0. The summed E-state index contributed by atoms with van der Waals surface area (Å²) in [7, 11) is -3.33. The van der Waals surface area contributed by atoms with Crippen LogP contribution in [0.4, 0.5) is 0 Å². The molecule has 0 fully saturated rings. The number of nitrogens with zero attached hydrogens (tertiary/aromatic N) is 2. The maximum absolute atomic E-state index is 11.2. The van der Waals surface area contributed by atoms with Crippen molar-refractivity contribution in [3.63, 3.8) is 0 Å². The van der Waals surface area contributed by atoms with Crippen LogP contribution in [0, 0.1) is 0 Å². The van der Waals surface area contributed by atoms with Gasteiger partial charge in [-0.2, -0.15) is 0 Å². The van der Waals surface area contributed by atoms with Crippen molar-refractivity contribution in [3.8, 4) is 0 Å². The normalized spacial score (nSPS) is 11.5. The lowest BCUT2D eigenvalue weighted by Crippen LogP contribution is -2.12. The van der Waals surface area contributed by atoms with Crippen LogP contribution >= 0.6 is 0 Å². The van der Waals surface area contributed by atoms with E-state index >= 15 is 0 Å². The highest BCUT2D eigenvalue weighted by Gasteiger charge is 2.11. The molecule has 0 saturated heterocycles. The van der Waals surface area contributed by atoms with Crippen LogP contribution in [0.5, 0.6) is 0 Å². The minimum Gasteiger partial charge on any atom is -0.481 e. The van der Waals surface area contributed by atoms with E-state index in [2.05, 4.69) is 4.98 Å². The molecule has 1 aromatic rings. The molecule has 0 amide bonds. The van der Waals surface area contributed by atoms with E-state index in [9.17, 15) is 13.2 Å². The number of aliphatic carboxylic acids is 1. The third-order valence-corrected chi connectivity index (χ3v) is 2.90. The fourth-order valence-corrected chi connectivity index (χ4v) is 2.00. The molecular weight excluding hydrogens is 220 g/mol. The number of hydrogen-bond acceptors (Lipinski definition) is 4. The van der Waals surface area contributed by atoms with Gasteiger partial charge in [-0.05, 0) is 12.8 Å². The van der Waals surface area contributed by atoms with E-state index in [-0.39, 0.29) is 6.42 Å². The molecule has 0 atom stereocenters. The molecule has 0 bridgehead atoms. The Kier molecular flexibility index (Phi) is 3.46. The van der Waals surface area contributed by atoms with Crippen molar-refractivity contribution in [1.29, 1.82) is 0 Å².